The molecule has 6 heteroatoms. The van der Waals surface area contributed by atoms with Crippen LogP contribution in [0.25, 0.3) is 0 Å². The summed E-state index contributed by atoms with van der Waals surface area (Å²) in [6.07, 6.45) is 3.35. The number of hydrogen-bond donors (Lipinski definition) is 2. The Bertz CT molecular complexity index is 570. The minimum Gasteiger partial charge on any atom is -0.484 e. The van der Waals surface area contributed by atoms with Crippen LogP contribution in [0, 0.1) is 11.3 Å². The van der Waals surface area contributed by atoms with Crippen molar-refractivity contribution in [1.82, 2.24) is 15.5 Å². The summed E-state index contributed by atoms with van der Waals surface area (Å²) in [6, 6.07) is 8.60. The lowest BCUT2D eigenvalue weighted by atomic mass is 10.2. The summed E-state index contributed by atoms with van der Waals surface area (Å²) in [5.74, 6) is 0.336. The molecule has 0 aliphatic rings. The van der Waals surface area contributed by atoms with Crippen LogP contribution < -0.4 is 10.1 Å². The highest BCUT2D eigenvalue weighted by molar-refractivity contribution is 5.77. The van der Waals surface area contributed by atoms with Gasteiger partial charge >= 0.3 is 0 Å². The first-order valence-electron chi connectivity index (χ1n) is 5.65. The van der Waals surface area contributed by atoms with Crippen LogP contribution in [0.3, 0.4) is 0 Å². The third-order valence-corrected chi connectivity index (χ3v) is 2.40. The highest BCUT2D eigenvalue weighted by Crippen LogP contribution is 2.11. The first kappa shape index (κ1) is 12.6. The van der Waals surface area contributed by atoms with Gasteiger partial charge in [0.05, 0.1) is 17.8 Å². The molecule has 96 valence electrons. The van der Waals surface area contributed by atoms with Crippen LogP contribution in [0.4, 0.5) is 0 Å². The largest absolute Gasteiger partial charge is 0.484 e. The first-order chi connectivity index (χ1) is 9.28. The summed E-state index contributed by atoms with van der Waals surface area (Å²) in [5.41, 5.74) is 1.45. The number of nitriles is 1. The van der Waals surface area contributed by atoms with Gasteiger partial charge in [-0.1, -0.05) is 0 Å². The van der Waals surface area contributed by atoms with Gasteiger partial charge in [0.1, 0.15) is 5.75 Å². The molecule has 2 aromatic rings. The van der Waals surface area contributed by atoms with Crippen LogP contribution in [-0.2, 0) is 11.3 Å². The summed E-state index contributed by atoms with van der Waals surface area (Å²) in [4.78, 5) is 11.5. The van der Waals surface area contributed by atoms with Crippen LogP contribution in [0.1, 0.15) is 11.1 Å². The van der Waals surface area contributed by atoms with Gasteiger partial charge in [-0.05, 0) is 24.3 Å². The maximum Gasteiger partial charge on any atom is 0.258 e. The van der Waals surface area contributed by atoms with Crippen molar-refractivity contribution < 1.29 is 9.53 Å². The molecule has 0 saturated heterocycles. The molecule has 1 aromatic heterocycles. The quantitative estimate of drug-likeness (QED) is 0.834. The number of nitrogens with one attached hydrogen (secondary N) is 2. The topological polar surface area (TPSA) is 90.8 Å². The minimum absolute atomic E-state index is 0.0657. The fourth-order valence-corrected chi connectivity index (χ4v) is 1.40. The van der Waals surface area contributed by atoms with E-state index in [1.165, 1.54) is 0 Å². The number of hydrogen-bond acceptors (Lipinski definition) is 4. The Morgan fingerprint density at radius 1 is 1.42 bits per heavy atom. The summed E-state index contributed by atoms with van der Waals surface area (Å²) in [5, 5.41) is 17.8. The highest BCUT2D eigenvalue weighted by Gasteiger charge is 2.03. The molecule has 0 spiro atoms. The van der Waals surface area contributed by atoms with Crippen molar-refractivity contribution in [3.63, 3.8) is 0 Å². The lowest BCUT2D eigenvalue weighted by Crippen LogP contribution is -2.28. The van der Waals surface area contributed by atoms with Crippen molar-refractivity contribution in [2.24, 2.45) is 0 Å². The predicted octanol–water partition coefficient (Wildman–Crippen LogP) is 0.977. The maximum absolute atomic E-state index is 11.5. The molecular formula is C13H12N4O2. The van der Waals surface area contributed by atoms with Crippen LogP contribution in [0.5, 0.6) is 5.75 Å². The van der Waals surface area contributed by atoms with Gasteiger partial charge in [0.15, 0.2) is 6.61 Å². The third kappa shape index (κ3) is 3.85. The van der Waals surface area contributed by atoms with Gasteiger partial charge in [0.2, 0.25) is 0 Å². The molecule has 0 atom stereocenters. The fraction of sp³-hybridized carbons (Fsp3) is 0.154. The zero-order valence-corrected chi connectivity index (χ0v) is 10.1. The van der Waals surface area contributed by atoms with Crippen molar-refractivity contribution in [3.05, 3.63) is 47.8 Å². The van der Waals surface area contributed by atoms with E-state index in [2.05, 4.69) is 15.5 Å². The van der Waals surface area contributed by atoms with Gasteiger partial charge in [0, 0.05) is 18.3 Å². The maximum atomic E-state index is 11.5. The zero-order chi connectivity index (χ0) is 13.5. The molecule has 0 bridgehead atoms. The van der Waals surface area contributed by atoms with Gasteiger partial charge in [-0.25, -0.2) is 0 Å². The molecule has 1 heterocycles. The van der Waals surface area contributed by atoms with E-state index in [0.29, 0.717) is 17.9 Å². The van der Waals surface area contributed by atoms with Gasteiger partial charge < -0.3 is 10.1 Å². The van der Waals surface area contributed by atoms with E-state index >= 15 is 0 Å². The molecule has 2 rings (SSSR count). The first-order valence-corrected chi connectivity index (χ1v) is 5.65. The normalized spacial score (nSPS) is 9.63. The Balaban J connectivity index is 1.75. The molecule has 6 nitrogen and oxygen atoms in total. The summed E-state index contributed by atoms with van der Waals surface area (Å²) in [6.45, 7) is 0.343. The van der Waals surface area contributed by atoms with Crippen molar-refractivity contribution in [3.8, 4) is 11.8 Å². The van der Waals surface area contributed by atoms with Crippen LogP contribution in [0.2, 0.25) is 0 Å². The highest BCUT2D eigenvalue weighted by atomic mass is 16.5. The average molecular weight is 256 g/mol. The van der Waals surface area contributed by atoms with E-state index in [0.717, 1.165) is 5.56 Å². The number of carbonyl (C=O) groups excluding carboxylic acids is 1. The number of H-pyrrole nitrogens is 1. The van der Waals surface area contributed by atoms with Gasteiger partial charge in [0.25, 0.3) is 5.91 Å². The molecule has 0 fully saturated rings. The monoisotopic (exact) mass is 256 g/mol. The van der Waals surface area contributed by atoms with Crippen LogP contribution in [0.15, 0.2) is 36.7 Å². The van der Waals surface area contributed by atoms with E-state index in [1.54, 1.807) is 36.7 Å². The standard InChI is InChI=1S/C13H12N4O2/c14-5-10-1-3-12(4-2-10)19-9-13(18)15-6-11-7-16-17-8-11/h1-4,7-8H,6,9H2,(H,15,18)(H,16,17). The zero-order valence-electron chi connectivity index (χ0n) is 10.1. The Morgan fingerprint density at radius 3 is 2.84 bits per heavy atom. The van der Waals surface area contributed by atoms with Gasteiger partial charge in [-0.2, -0.15) is 10.4 Å². The molecule has 0 unspecified atom stereocenters. The minimum atomic E-state index is -0.217. The Labute approximate surface area is 110 Å². The number of nitrogens with zero attached hydrogens (tertiary/aromatic N) is 2. The molecule has 2 N–H and O–H groups in total. The number of amides is 1. The second-order valence-electron chi connectivity index (χ2n) is 3.81. The van der Waals surface area contributed by atoms with Crippen molar-refractivity contribution >= 4 is 5.91 Å². The molecule has 1 aromatic carbocycles. The van der Waals surface area contributed by atoms with E-state index in [-0.39, 0.29) is 12.5 Å². The molecule has 0 saturated carbocycles. The van der Waals surface area contributed by atoms with Gasteiger partial charge in [-0.3, -0.25) is 9.89 Å². The average Bonchev–Trinajstić information content (AvgIpc) is 2.96. The fourth-order valence-electron chi connectivity index (χ4n) is 1.40. The van der Waals surface area contributed by atoms with E-state index in [1.807, 2.05) is 6.07 Å². The van der Waals surface area contributed by atoms with E-state index in [9.17, 15) is 4.79 Å². The third-order valence-electron chi connectivity index (χ3n) is 2.40. The lowest BCUT2D eigenvalue weighted by molar-refractivity contribution is -0.123. The second kappa shape index (κ2) is 6.21. The Kier molecular flexibility index (Phi) is 4.13. The van der Waals surface area contributed by atoms with Crippen molar-refractivity contribution in [1.29, 1.82) is 5.26 Å². The molecule has 0 aliphatic heterocycles. The number of ether oxygens (including phenoxy) is 1. The summed E-state index contributed by atoms with van der Waals surface area (Å²) in [7, 11) is 0. The van der Waals surface area contributed by atoms with Crippen molar-refractivity contribution in [2.45, 2.75) is 6.54 Å². The molecular weight excluding hydrogens is 244 g/mol. The molecule has 19 heavy (non-hydrogen) atoms. The SMILES string of the molecule is N#Cc1ccc(OCC(=O)NCc2cn[nH]c2)cc1. The smallest absolute Gasteiger partial charge is 0.258 e. The van der Waals surface area contributed by atoms with Crippen molar-refractivity contribution in [2.75, 3.05) is 6.61 Å². The number of aromatic nitrogens is 2. The van der Waals surface area contributed by atoms with Crippen LogP contribution >= 0.6 is 0 Å². The van der Waals surface area contributed by atoms with E-state index < -0.39 is 0 Å². The molecule has 0 aliphatic carbocycles. The predicted molar refractivity (Wildman–Crippen MR) is 67.1 cm³/mol. The second-order valence-corrected chi connectivity index (χ2v) is 3.81. The Morgan fingerprint density at radius 2 is 2.21 bits per heavy atom. The van der Waals surface area contributed by atoms with Crippen LogP contribution in [-0.4, -0.2) is 22.7 Å². The summed E-state index contributed by atoms with van der Waals surface area (Å²) >= 11 is 0. The number of rotatable bonds is 5. The Hall–Kier alpha value is -2.81. The molecule has 0 radical (unpaired) electrons. The molecule has 1 amide bonds. The van der Waals surface area contributed by atoms with E-state index in [4.69, 9.17) is 10.00 Å². The number of aromatic amines is 1. The number of benzene rings is 1. The van der Waals surface area contributed by atoms with Gasteiger partial charge in [-0.15, -0.1) is 0 Å². The number of carbonyl (C=O) groups is 1. The lowest BCUT2D eigenvalue weighted by Gasteiger charge is -2.06. The summed E-state index contributed by atoms with van der Waals surface area (Å²) < 4.78 is 5.29.